The fourth-order valence-corrected chi connectivity index (χ4v) is 2.86. The highest BCUT2D eigenvalue weighted by molar-refractivity contribution is 5.99. The molecule has 1 amide bonds. The molecule has 1 aliphatic carbocycles. The van der Waals surface area contributed by atoms with Crippen LogP contribution >= 0.6 is 0 Å². The van der Waals surface area contributed by atoms with Gasteiger partial charge in [-0.2, -0.15) is 0 Å². The van der Waals surface area contributed by atoms with Crippen molar-refractivity contribution in [2.45, 2.75) is 31.7 Å². The summed E-state index contributed by atoms with van der Waals surface area (Å²) in [6.07, 6.45) is 4.28. The fraction of sp³-hybridized carbons (Fsp3) is 0.500. The molecule has 1 aromatic carbocycles. The average molecular weight is 292 g/mol. The van der Waals surface area contributed by atoms with Crippen molar-refractivity contribution in [3.05, 3.63) is 33.9 Å². The van der Waals surface area contributed by atoms with E-state index in [0.717, 1.165) is 25.7 Å². The summed E-state index contributed by atoms with van der Waals surface area (Å²) in [5.74, 6) is -0.337. The van der Waals surface area contributed by atoms with E-state index in [9.17, 15) is 14.9 Å². The Morgan fingerprint density at radius 2 is 2.10 bits per heavy atom. The number of amides is 1. The number of primary amides is 1. The Kier molecular flexibility index (Phi) is 4.74. The maximum atomic E-state index is 11.5. The largest absolute Gasteiger partial charge is 0.381 e. The van der Waals surface area contributed by atoms with Crippen molar-refractivity contribution in [1.29, 1.82) is 0 Å². The monoisotopic (exact) mass is 292 g/mol. The predicted molar refractivity (Wildman–Crippen MR) is 80.0 cm³/mol. The number of nitrogens with zero attached hydrogens (tertiary/aromatic N) is 1. The highest BCUT2D eigenvalue weighted by Crippen LogP contribution is 2.29. The van der Waals surface area contributed by atoms with Gasteiger partial charge in [0.25, 0.3) is 11.6 Å². The van der Waals surface area contributed by atoms with Crippen molar-refractivity contribution in [3.8, 4) is 0 Å². The van der Waals surface area contributed by atoms with Crippen molar-refractivity contribution in [1.82, 2.24) is 0 Å². The minimum Gasteiger partial charge on any atom is -0.381 e. The zero-order valence-corrected chi connectivity index (χ0v) is 11.7. The molecule has 0 aliphatic heterocycles. The first kappa shape index (κ1) is 15.2. The van der Waals surface area contributed by atoms with E-state index in [1.165, 1.54) is 12.1 Å². The summed E-state index contributed by atoms with van der Waals surface area (Å²) < 4.78 is 0. The van der Waals surface area contributed by atoms with Crippen LogP contribution in [0.2, 0.25) is 0 Å². The van der Waals surface area contributed by atoms with E-state index in [1.54, 1.807) is 6.07 Å². The van der Waals surface area contributed by atoms with Crippen LogP contribution in [0.1, 0.15) is 36.0 Å². The summed E-state index contributed by atoms with van der Waals surface area (Å²) in [5.41, 5.74) is 11.7. The van der Waals surface area contributed by atoms with Crippen LogP contribution < -0.4 is 16.8 Å². The number of hydrogen-bond acceptors (Lipinski definition) is 5. The summed E-state index contributed by atoms with van der Waals surface area (Å²) in [5, 5.41) is 14.1. The van der Waals surface area contributed by atoms with Crippen molar-refractivity contribution in [2.24, 2.45) is 17.4 Å². The molecule has 1 aromatic rings. The first-order valence-corrected chi connectivity index (χ1v) is 7.07. The summed E-state index contributed by atoms with van der Waals surface area (Å²) in [7, 11) is 0. The van der Waals surface area contributed by atoms with Gasteiger partial charge in [-0.15, -0.1) is 0 Å². The molecule has 0 heterocycles. The second-order valence-electron chi connectivity index (χ2n) is 5.38. The Morgan fingerprint density at radius 1 is 1.38 bits per heavy atom. The molecule has 2 rings (SSSR count). The predicted octanol–water partition coefficient (Wildman–Crippen LogP) is 1.62. The quantitative estimate of drug-likeness (QED) is 0.562. The van der Waals surface area contributed by atoms with Gasteiger partial charge in [0.2, 0.25) is 0 Å². The van der Waals surface area contributed by atoms with Crippen molar-refractivity contribution in [3.63, 3.8) is 0 Å². The Morgan fingerprint density at radius 3 is 2.71 bits per heavy atom. The number of nitrogens with two attached hydrogens (primary N) is 2. The molecule has 0 aromatic heterocycles. The normalized spacial score (nSPS) is 21.8. The van der Waals surface area contributed by atoms with Crippen LogP contribution in [0, 0.1) is 16.0 Å². The zero-order chi connectivity index (χ0) is 15.4. The second kappa shape index (κ2) is 6.53. The van der Waals surface area contributed by atoms with Crippen molar-refractivity contribution < 1.29 is 9.72 Å². The maximum absolute atomic E-state index is 11.5. The van der Waals surface area contributed by atoms with Crippen LogP contribution in [0.15, 0.2) is 18.2 Å². The number of nitro groups is 1. The number of hydrogen-bond donors (Lipinski definition) is 3. The number of nitrogens with one attached hydrogen (secondary N) is 1. The molecular weight excluding hydrogens is 272 g/mol. The second-order valence-corrected chi connectivity index (χ2v) is 5.38. The van der Waals surface area contributed by atoms with Gasteiger partial charge in [0.05, 0.1) is 10.5 Å². The third-order valence-corrected chi connectivity index (χ3v) is 4.03. The Bertz CT molecular complexity index is 547. The lowest BCUT2D eigenvalue weighted by Gasteiger charge is -2.32. The lowest BCUT2D eigenvalue weighted by molar-refractivity contribution is -0.384. The van der Waals surface area contributed by atoms with Crippen LogP contribution in [-0.4, -0.2) is 23.4 Å². The Balaban J connectivity index is 2.26. The Hall–Kier alpha value is -2.15. The number of anilines is 1. The van der Waals surface area contributed by atoms with Gasteiger partial charge in [-0.3, -0.25) is 14.9 Å². The molecule has 7 heteroatoms. The maximum Gasteiger partial charge on any atom is 0.270 e. The smallest absolute Gasteiger partial charge is 0.270 e. The van der Waals surface area contributed by atoms with Gasteiger partial charge >= 0.3 is 0 Å². The van der Waals surface area contributed by atoms with Crippen LogP contribution in [-0.2, 0) is 0 Å². The minimum absolute atomic E-state index is 0.144. The lowest BCUT2D eigenvalue weighted by atomic mass is 9.84. The molecule has 0 saturated heterocycles. The molecule has 2 unspecified atom stereocenters. The first-order chi connectivity index (χ1) is 10.0. The first-order valence-electron chi connectivity index (χ1n) is 7.07. The van der Waals surface area contributed by atoms with Gasteiger partial charge in [0.1, 0.15) is 0 Å². The van der Waals surface area contributed by atoms with Crippen LogP contribution in [0.3, 0.4) is 0 Å². The van der Waals surface area contributed by atoms with E-state index in [-0.39, 0.29) is 17.3 Å². The third-order valence-electron chi connectivity index (χ3n) is 4.03. The third kappa shape index (κ3) is 3.49. The van der Waals surface area contributed by atoms with E-state index in [2.05, 4.69) is 5.32 Å². The molecule has 1 aliphatic rings. The topological polar surface area (TPSA) is 124 Å². The van der Waals surface area contributed by atoms with Crippen LogP contribution in [0.4, 0.5) is 11.4 Å². The fourth-order valence-electron chi connectivity index (χ4n) is 2.86. The summed E-state index contributed by atoms with van der Waals surface area (Å²) in [4.78, 5) is 21.8. The molecule has 0 bridgehead atoms. The highest BCUT2D eigenvalue weighted by atomic mass is 16.6. The van der Waals surface area contributed by atoms with Crippen LogP contribution in [0.25, 0.3) is 0 Å². The van der Waals surface area contributed by atoms with E-state index in [4.69, 9.17) is 11.5 Å². The SMILES string of the molecule is NCC1CCCCC1Nc1ccc([N+](=O)[O-])cc1C(N)=O. The van der Waals surface area contributed by atoms with Gasteiger partial charge < -0.3 is 16.8 Å². The lowest BCUT2D eigenvalue weighted by Crippen LogP contribution is -2.37. The van der Waals surface area contributed by atoms with Gasteiger partial charge in [0, 0.05) is 23.9 Å². The zero-order valence-electron chi connectivity index (χ0n) is 11.7. The van der Waals surface area contributed by atoms with Crippen molar-refractivity contribution in [2.75, 3.05) is 11.9 Å². The minimum atomic E-state index is -0.679. The number of benzene rings is 1. The number of rotatable bonds is 5. The van der Waals surface area contributed by atoms with Gasteiger partial charge in [-0.25, -0.2) is 0 Å². The molecule has 1 fully saturated rings. The summed E-state index contributed by atoms with van der Waals surface area (Å²) in [6, 6.07) is 4.30. The molecule has 2 atom stereocenters. The molecular formula is C14H20N4O3. The number of carbonyl (C=O) groups is 1. The summed E-state index contributed by atoms with van der Waals surface area (Å²) in [6.45, 7) is 0.580. The molecule has 1 saturated carbocycles. The van der Waals surface area contributed by atoms with Gasteiger partial charge in [0.15, 0.2) is 0 Å². The van der Waals surface area contributed by atoms with E-state index >= 15 is 0 Å². The molecule has 0 radical (unpaired) electrons. The molecule has 0 spiro atoms. The Labute approximate surface area is 122 Å². The van der Waals surface area contributed by atoms with Gasteiger partial charge in [-0.1, -0.05) is 12.8 Å². The molecule has 21 heavy (non-hydrogen) atoms. The highest BCUT2D eigenvalue weighted by Gasteiger charge is 2.25. The molecule has 7 nitrogen and oxygen atoms in total. The summed E-state index contributed by atoms with van der Waals surface area (Å²) >= 11 is 0. The number of carbonyl (C=O) groups excluding carboxylic acids is 1. The molecule has 114 valence electrons. The average Bonchev–Trinajstić information content (AvgIpc) is 2.47. The number of non-ortho nitro benzene ring substituents is 1. The van der Waals surface area contributed by atoms with Crippen molar-refractivity contribution >= 4 is 17.3 Å². The van der Waals surface area contributed by atoms with E-state index < -0.39 is 10.8 Å². The molecule has 5 N–H and O–H groups in total. The van der Waals surface area contributed by atoms with E-state index in [1.807, 2.05) is 0 Å². The van der Waals surface area contributed by atoms with Gasteiger partial charge in [-0.05, 0) is 31.4 Å². The van der Waals surface area contributed by atoms with Crippen LogP contribution in [0.5, 0.6) is 0 Å². The number of nitro benzene ring substituents is 1. The standard InChI is InChI=1S/C14H20N4O3/c15-8-9-3-1-2-4-12(9)17-13-6-5-10(18(20)21)7-11(13)14(16)19/h5-7,9,12,17H,1-4,8,15H2,(H2,16,19). The van der Waals surface area contributed by atoms with E-state index in [0.29, 0.717) is 18.2 Å².